The molecule has 2 amide bonds. The molecule has 0 saturated carbocycles. The Bertz CT molecular complexity index is 1220. The van der Waals surface area contributed by atoms with Crippen molar-refractivity contribution in [3.05, 3.63) is 63.1 Å². The standard InChI is InChI=1S/C22H28N6O4/c1-4-8-17(29)24-25-18(30)13-28-21(31)19-20(23-14-26(19)11-15(2)3)27(22(28)32)12-16-9-6-5-7-10-16/h5-7,9-10,14-15H,4,8,11-13H2,1-3H3,(H,24,29)(H,25,30). The van der Waals surface area contributed by atoms with Gasteiger partial charge in [-0.05, 0) is 17.9 Å². The first kappa shape index (κ1) is 23.0. The maximum Gasteiger partial charge on any atom is 0.333 e. The smallest absolute Gasteiger partial charge is 0.324 e. The van der Waals surface area contributed by atoms with Gasteiger partial charge in [0.1, 0.15) is 6.54 Å². The lowest BCUT2D eigenvalue weighted by molar-refractivity contribution is -0.129. The normalized spacial score (nSPS) is 11.1. The third-order valence-corrected chi connectivity index (χ3v) is 4.85. The highest BCUT2D eigenvalue weighted by atomic mass is 16.2. The molecule has 32 heavy (non-hydrogen) atoms. The van der Waals surface area contributed by atoms with Gasteiger partial charge in [-0.1, -0.05) is 51.1 Å². The Balaban J connectivity index is 2.04. The topological polar surface area (TPSA) is 120 Å². The molecule has 0 saturated heterocycles. The second-order valence-corrected chi connectivity index (χ2v) is 8.05. The van der Waals surface area contributed by atoms with Crippen molar-refractivity contribution >= 4 is 23.0 Å². The van der Waals surface area contributed by atoms with Crippen LogP contribution in [0, 0.1) is 5.92 Å². The molecule has 10 nitrogen and oxygen atoms in total. The summed E-state index contributed by atoms with van der Waals surface area (Å²) in [7, 11) is 0. The maximum atomic E-state index is 13.2. The molecule has 0 aliphatic rings. The summed E-state index contributed by atoms with van der Waals surface area (Å²) in [6.07, 6.45) is 2.43. The Labute approximate surface area is 184 Å². The predicted molar refractivity (Wildman–Crippen MR) is 120 cm³/mol. The number of hydrogen-bond acceptors (Lipinski definition) is 5. The average molecular weight is 441 g/mol. The summed E-state index contributed by atoms with van der Waals surface area (Å²) in [4.78, 5) is 54.8. The lowest BCUT2D eigenvalue weighted by Gasteiger charge is -2.14. The number of carbonyl (C=O) groups is 2. The van der Waals surface area contributed by atoms with Crippen LogP contribution in [0.1, 0.15) is 39.2 Å². The van der Waals surface area contributed by atoms with Crippen molar-refractivity contribution in [2.45, 2.75) is 53.2 Å². The number of aromatic nitrogens is 4. The van der Waals surface area contributed by atoms with Crippen molar-refractivity contribution in [3.8, 4) is 0 Å². The summed E-state index contributed by atoms with van der Waals surface area (Å²) in [5.41, 5.74) is 4.70. The zero-order valence-electron chi connectivity index (χ0n) is 18.5. The Kier molecular flexibility index (Phi) is 7.24. The highest BCUT2D eigenvalue weighted by Crippen LogP contribution is 2.11. The van der Waals surface area contributed by atoms with Gasteiger partial charge in [0.25, 0.3) is 11.5 Å². The van der Waals surface area contributed by atoms with Gasteiger partial charge < -0.3 is 4.57 Å². The fourth-order valence-corrected chi connectivity index (χ4v) is 3.43. The molecule has 0 atom stereocenters. The van der Waals surface area contributed by atoms with Crippen LogP contribution in [0.15, 0.2) is 46.2 Å². The molecule has 1 aromatic carbocycles. The molecular weight excluding hydrogens is 412 g/mol. The van der Waals surface area contributed by atoms with Gasteiger partial charge in [0.05, 0.1) is 12.9 Å². The molecule has 2 heterocycles. The fraction of sp³-hybridized carbons (Fsp3) is 0.409. The van der Waals surface area contributed by atoms with Crippen LogP contribution in [0.3, 0.4) is 0 Å². The summed E-state index contributed by atoms with van der Waals surface area (Å²) in [6, 6.07) is 9.33. The van der Waals surface area contributed by atoms with E-state index in [4.69, 9.17) is 0 Å². The molecule has 3 rings (SSSR count). The van der Waals surface area contributed by atoms with Crippen LogP contribution in [0.5, 0.6) is 0 Å². The molecule has 0 aliphatic heterocycles. The maximum absolute atomic E-state index is 13.2. The average Bonchev–Trinajstić information content (AvgIpc) is 3.16. The number of hydrazine groups is 1. The van der Waals surface area contributed by atoms with Crippen LogP contribution in [0.4, 0.5) is 0 Å². The molecule has 3 aromatic rings. The summed E-state index contributed by atoms with van der Waals surface area (Å²) < 4.78 is 3.98. The van der Waals surface area contributed by atoms with Gasteiger partial charge in [0.15, 0.2) is 11.2 Å². The predicted octanol–water partition coefficient (Wildman–Crippen LogP) is 1.01. The minimum atomic E-state index is -0.672. The highest BCUT2D eigenvalue weighted by Gasteiger charge is 2.20. The number of nitrogens with one attached hydrogen (secondary N) is 2. The number of fused-ring (bicyclic) bond motifs is 1. The van der Waals surface area contributed by atoms with Crippen LogP contribution in [0.2, 0.25) is 0 Å². The summed E-state index contributed by atoms with van der Waals surface area (Å²) in [5, 5.41) is 0. The van der Waals surface area contributed by atoms with Crippen LogP contribution in [-0.4, -0.2) is 30.5 Å². The van der Waals surface area contributed by atoms with Gasteiger partial charge in [-0.25, -0.2) is 14.3 Å². The van der Waals surface area contributed by atoms with E-state index in [1.807, 2.05) is 51.1 Å². The van der Waals surface area contributed by atoms with Crippen LogP contribution in [-0.2, 0) is 29.2 Å². The van der Waals surface area contributed by atoms with Gasteiger partial charge in [0.2, 0.25) is 5.91 Å². The number of carbonyl (C=O) groups excluding carboxylic acids is 2. The van der Waals surface area contributed by atoms with E-state index in [0.717, 1.165) is 10.1 Å². The number of hydrogen-bond donors (Lipinski definition) is 2. The molecule has 0 spiro atoms. The largest absolute Gasteiger partial charge is 0.333 e. The molecule has 2 aromatic heterocycles. The van der Waals surface area contributed by atoms with E-state index >= 15 is 0 Å². The molecule has 0 bridgehead atoms. The monoisotopic (exact) mass is 440 g/mol. The van der Waals surface area contributed by atoms with Gasteiger partial charge in [-0.3, -0.25) is 29.8 Å². The van der Waals surface area contributed by atoms with Crippen molar-refractivity contribution in [2.24, 2.45) is 5.92 Å². The third-order valence-electron chi connectivity index (χ3n) is 4.85. The van der Waals surface area contributed by atoms with Crippen molar-refractivity contribution < 1.29 is 9.59 Å². The van der Waals surface area contributed by atoms with Crippen molar-refractivity contribution in [1.29, 1.82) is 0 Å². The number of rotatable bonds is 8. The molecule has 0 aliphatic carbocycles. The van der Waals surface area contributed by atoms with Crippen LogP contribution >= 0.6 is 0 Å². The van der Waals surface area contributed by atoms with E-state index in [1.54, 1.807) is 10.9 Å². The van der Waals surface area contributed by atoms with Crippen molar-refractivity contribution in [2.75, 3.05) is 0 Å². The van der Waals surface area contributed by atoms with Crippen molar-refractivity contribution in [1.82, 2.24) is 29.5 Å². The number of benzene rings is 1. The van der Waals surface area contributed by atoms with Gasteiger partial charge in [-0.2, -0.15) is 0 Å². The van der Waals surface area contributed by atoms with E-state index in [2.05, 4.69) is 15.8 Å². The van der Waals surface area contributed by atoms with E-state index in [-0.39, 0.29) is 36.0 Å². The minimum Gasteiger partial charge on any atom is -0.324 e. The SMILES string of the molecule is CCCC(=O)NNC(=O)Cn1c(=O)c2c(ncn2CC(C)C)n(Cc2ccccc2)c1=O. The second kappa shape index (κ2) is 10.1. The first-order chi connectivity index (χ1) is 15.3. The Morgan fingerprint density at radius 2 is 1.72 bits per heavy atom. The quantitative estimate of drug-likeness (QED) is 0.507. The molecule has 0 unspecified atom stereocenters. The van der Waals surface area contributed by atoms with E-state index in [0.29, 0.717) is 13.0 Å². The van der Waals surface area contributed by atoms with Crippen LogP contribution in [0.25, 0.3) is 11.2 Å². The fourth-order valence-electron chi connectivity index (χ4n) is 3.43. The first-order valence-corrected chi connectivity index (χ1v) is 10.6. The lowest BCUT2D eigenvalue weighted by atomic mass is 10.2. The zero-order chi connectivity index (χ0) is 23.3. The van der Waals surface area contributed by atoms with Crippen molar-refractivity contribution in [3.63, 3.8) is 0 Å². The second-order valence-electron chi connectivity index (χ2n) is 8.05. The van der Waals surface area contributed by atoms with E-state index in [1.165, 1.54) is 4.57 Å². The van der Waals surface area contributed by atoms with Gasteiger partial charge in [0, 0.05) is 13.0 Å². The number of amides is 2. The minimum absolute atomic E-state index is 0.198. The molecule has 0 radical (unpaired) electrons. The van der Waals surface area contributed by atoms with E-state index in [9.17, 15) is 19.2 Å². The highest BCUT2D eigenvalue weighted by molar-refractivity contribution is 5.82. The molecular formula is C22H28N6O4. The van der Waals surface area contributed by atoms with Crippen LogP contribution < -0.4 is 22.1 Å². The zero-order valence-corrected chi connectivity index (χ0v) is 18.5. The third kappa shape index (κ3) is 5.13. The molecule has 10 heteroatoms. The van der Waals surface area contributed by atoms with E-state index < -0.39 is 23.7 Å². The number of imidazole rings is 1. The molecule has 0 fully saturated rings. The van der Waals surface area contributed by atoms with Gasteiger partial charge >= 0.3 is 5.69 Å². The summed E-state index contributed by atoms with van der Waals surface area (Å²) >= 11 is 0. The Morgan fingerprint density at radius 3 is 2.38 bits per heavy atom. The van der Waals surface area contributed by atoms with Gasteiger partial charge in [-0.15, -0.1) is 0 Å². The number of nitrogens with zero attached hydrogens (tertiary/aromatic N) is 4. The first-order valence-electron chi connectivity index (χ1n) is 10.6. The summed E-state index contributed by atoms with van der Waals surface area (Å²) in [6.45, 7) is 6.07. The lowest BCUT2D eigenvalue weighted by Crippen LogP contribution is -2.48. The Morgan fingerprint density at radius 1 is 1.03 bits per heavy atom. The summed E-state index contributed by atoms with van der Waals surface area (Å²) in [5.74, 6) is -0.777. The molecule has 2 N–H and O–H groups in total. The molecule has 170 valence electrons. The Hall–Kier alpha value is -3.69.